The van der Waals surface area contributed by atoms with E-state index in [0.717, 1.165) is 16.7 Å². The highest BCUT2D eigenvalue weighted by molar-refractivity contribution is 6.30. The molecule has 1 N–H and O–H groups in total. The predicted octanol–water partition coefficient (Wildman–Crippen LogP) is 7.31. The van der Waals surface area contributed by atoms with Gasteiger partial charge >= 0.3 is 0 Å². The molecule has 4 aromatic carbocycles. The second-order valence-electron chi connectivity index (χ2n) is 8.19. The van der Waals surface area contributed by atoms with Crippen molar-refractivity contribution in [3.63, 3.8) is 0 Å². The van der Waals surface area contributed by atoms with Gasteiger partial charge in [0.15, 0.2) is 11.5 Å². The molecule has 0 saturated heterocycles. The Balaban J connectivity index is 1.31. The summed E-state index contributed by atoms with van der Waals surface area (Å²) in [6.07, 6.45) is 1.55. The lowest BCUT2D eigenvalue weighted by Crippen LogP contribution is -2.17. The largest absolute Gasteiger partial charge is 0.490 e. The van der Waals surface area contributed by atoms with Gasteiger partial charge in [0.1, 0.15) is 19.0 Å². The van der Waals surface area contributed by atoms with Gasteiger partial charge in [-0.05, 0) is 90.3 Å². The average molecular weight is 549 g/mol. The molecule has 0 bridgehead atoms. The third-order valence-electron chi connectivity index (χ3n) is 5.39. The number of ether oxygens (including phenoxy) is 3. The fraction of sp³-hybridized carbons (Fsp3) is 0.133. The minimum atomic E-state index is -0.335. The zero-order valence-corrected chi connectivity index (χ0v) is 22.2. The number of hydrazone groups is 1. The predicted molar refractivity (Wildman–Crippen MR) is 151 cm³/mol. The Labute approximate surface area is 231 Å². The van der Waals surface area contributed by atoms with Crippen LogP contribution in [0.25, 0.3) is 0 Å². The number of nitrogens with one attached hydrogen (secondary N) is 1. The van der Waals surface area contributed by atoms with Crippen LogP contribution >= 0.6 is 23.2 Å². The third kappa shape index (κ3) is 8.00. The van der Waals surface area contributed by atoms with E-state index in [2.05, 4.69) is 10.5 Å². The molecule has 4 rings (SSSR count). The van der Waals surface area contributed by atoms with Crippen LogP contribution in [-0.4, -0.2) is 18.7 Å². The first-order chi connectivity index (χ1) is 18.5. The Morgan fingerprint density at radius 2 is 1.37 bits per heavy atom. The summed E-state index contributed by atoms with van der Waals surface area (Å²) in [6, 6.07) is 27.2. The van der Waals surface area contributed by atoms with Crippen molar-refractivity contribution in [2.75, 3.05) is 6.61 Å². The van der Waals surface area contributed by atoms with E-state index in [9.17, 15) is 4.79 Å². The highest BCUT2D eigenvalue weighted by Crippen LogP contribution is 2.29. The molecule has 0 heterocycles. The number of rotatable bonds is 11. The van der Waals surface area contributed by atoms with Crippen molar-refractivity contribution in [2.24, 2.45) is 5.10 Å². The molecule has 0 fully saturated rings. The van der Waals surface area contributed by atoms with Crippen LogP contribution in [0.1, 0.15) is 34.0 Å². The van der Waals surface area contributed by atoms with E-state index in [1.807, 2.05) is 73.7 Å². The molecular weight excluding hydrogens is 523 g/mol. The van der Waals surface area contributed by atoms with Gasteiger partial charge in [-0.1, -0.05) is 47.5 Å². The molecule has 1 amide bonds. The molecule has 0 radical (unpaired) electrons. The van der Waals surface area contributed by atoms with Gasteiger partial charge in [0.05, 0.1) is 12.8 Å². The first-order valence-corrected chi connectivity index (χ1v) is 12.7. The third-order valence-corrected chi connectivity index (χ3v) is 5.89. The van der Waals surface area contributed by atoms with Crippen molar-refractivity contribution in [2.45, 2.75) is 20.1 Å². The van der Waals surface area contributed by atoms with Crippen LogP contribution in [0.2, 0.25) is 10.0 Å². The monoisotopic (exact) mass is 548 g/mol. The van der Waals surface area contributed by atoms with Crippen LogP contribution in [0, 0.1) is 0 Å². The number of hydrogen-bond donors (Lipinski definition) is 1. The summed E-state index contributed by atoms with van der Waals surface area (Å²) >= 11 is 11.8. The molecule has 8 heteroatoms. The van der Waals surface area contributed by atoms with Crippen molar-refractivity contribution < 1.29 is 19.0 Å². The lowest BCUT2D eigenvalue weighted by Gasteiger charge is -2.12. The number of carbonyl (C=O) groups excluding carboxylic acids is 1. The second kappa shape index (κ2) is 13.5. The molecule has 4 aromatic rings. The molecule has 0 aliphatic rings. The molecule has 0 saturated carbocycles. The van der Waals surface area contributed by atoms with Crippen molar-refractivity contribution >= 4 is 35.3 Å². The summed E-state index contributed by atoms with van der Waals surface area (Å²) in [4.78, 5) is 12.5. The van der Waals surface area contributed by atoms with Gasteiger partial charge in [-0.25, -0.2) is 5.43 Å². The molecular formula is C30H26Cl2N2O4. The fourth-order valence-electron chi connectivity index (χ4n) is 3.41. The highest BCUT2D eigenvalue weighted by Gasteiger charge is 2.08. The Morgan fingerprint density at radius 3 is 1.97 bits per heavy atom. The second-order valence-corrected chi connectivity index (χ2v) is 9.07. The van der Waals surface area contributed by atoms with Crippen LogP contribution in [0.3, 0.4) is 0 Å². The van der Waals surface area contributed by atoms with E-state index < -0.39 is 0 Å². The van der Waals surface area contributed by atoms with Gasteiger partial charge in [0.2, 0.25) is 0 Å². The Kier molecular flexibility index (Phi) is 9.62. The van der Waals surface area contributed by atoms with E-state index >= 15 is 0 Å². The van der Waals surface area contributed by atoms with Gasteiger partial charge < -0.3 is 14.2 Å². The molecule has 0 aliphatic heterocycles. The van der Waals surface area contributed by atoms with Crippen LogP contribution in [0.15, 0.2) is 96.1 Å². The summed E-state index contributed by atoms with van der Waals surface area (Å²) in [5.41, 5.74) is 5.74. The molecule has 0 aromatic heterocycles. The Bertz CT molecular complexity index is 1370. The highest BCUT2D eigenvalue weighted by atomic mass is 35.5. The minimum Gasteiger partial charge on any atom is -0.490 e. The van der Waals surface area contributed by atoms with E-state index in [-0.39, 0.29) is 5.91 Å². The summed E-state index contributed by atoms with van der Waals surface area (Å²) in [6.45, 7) is 3.17. The van der Waals surface area contributed by atoms with Gasteiger partial charge in [-0.3, -0.25) is 4.79 Å². The zero-order chi connectivity index (χ0) is 26.7. The van der Waals surface area contributed by atoms with Crippen molar-refractivity contribution in [1.29, 1.82) is 0 Å². The number of nitrogens with zero attached hydrogens (tertiary/aromatic N) is 1. The minimum absolute atomic E-state index is 0.335. The van der Waals surface area contributed by atoms with Crippen LogP contribution in [0.5, 0.6) is 17.2 Å². The Morgan fingerprint density at radius 1 is 0.763 bits per heavy atom. The summed E-state index contributed by atoms with van der Waals surface area (Å²) in [5, 5.41) is 5.44. The maximum atomic E-state index is 12.5. The van der Waals surface area contributed by atoms with Gasteiger partial charge in [0, 0.05) is 15.6 Å². The number of hydrogen-bond acceptors (Lipinski definition) is 5. The normalized spacial score (nSPS) is 10.8. The molecule has 194 valence electrons. The standard InChI is InChI=1S/C30H26Cl2N2O4/c1-2-36-29-17-23(7-16-28(29)38-20-22-5-12-26(32)13-6-22)18-33-34-30(35)24-8-14-27(15-9-24)37-19-21-3-10-25(31)11-4-21/h3-18H,2,19-20H2,1H3,(H,34,35)/b33-18+. The maximum absolute atomic E-state index is 12.5. The van der Waals surface area contributed by atoms with Gasteiger partial charge in [0.25, 0.3) is 5.91 Å². The molecule has 38 heavy (non-hydrogen) atoms. The lowest BCUT2D eigenvalue weighted by atomic mass is 10.2. The number of amides is 1. The first kappa shape index (κ1) is 27.0. The van der Waals surface area contributed by atoms with E-state index in [1.165, 1.54) is 0 Å². The molecule has 0 atom stereocenters. The zero-order valence-electron chi connectivity index (χ0n) is 20.7. The van der Waals surface area contributed by atoms with Crippen molar-refractivity contribution in [3.05, 3.63) is 123 Å². The van der Waals surface area contributed by atoms with Crippen molar-refractivity contribution in [1.82, 2.24) is 5.43 Å². The van der Waals surface area contributed by atoms with E-state index in [4.69, 9.17) is 37.4 Å². The van der Waals surface area contributed by atoms with Crippen LogP contribution in [-0.2, 0) is 13.2 Å². The molecule has 0 aliphatic carbocycles. The molecule has 0 unspecified atom stereocenters. The maximum Gasteiger partial charge on any atom is 0.271 e. The number of benzene rings is 4. The fourth-order valence-corrected chi connectivity index (χ4v) is 3.67. The number of halogens is 2. The SMILES string of the molecule is CCOc1cc(/C=N/NC(=O)c2ccc(OCc3ccc(Cl)cc3)cc2)ccc1OCc1ccc(Cl)cc1. The van der Waals surface area contributed by atoms with Crippen LogP contribution in [0.4, 0.5) is 0 Å². The van der Waals surface area contributed by atoms with Crippen molar-refractivity contribution in [3.8, 4) is 17.2 Å². The topological polar surface area (TPSA) is 69.2 Å². The smallest absolute Gasteiger partial charge is 0.271 e. The summed E-state index contributed by atoms with van der Waals surface area (Å²) < 4.78 is 17.4. The molecule has 6 nitrogen and oxygen atoms in total. The van der Waals surface area contributed by atoms with Crippen LogP contribution < -0.4 is 19.6 Å². The van der Waals surface area contributed by atoms with Gasteiger partial charge in [-0.2, -0.15) is 5.10 Å². The van der Waals surface area contributed by atoms with E-state index in [0.29, 0.717) is 52.7 Å². The first-order valence-electron chi connectivity index (χ1n) is 11.9. The average Bonchev–Trinajstić information content (AvgIpc) is 2.93. The number of carbonyl (C=O) groups is 1. The quantitative estimate of drug-likeness (QED) is 0.157. The van der Waals surface area contributed by atoms with E-state index in [1.54, 1.807) is 30.5 Å². The lowest BCUT2D eigenvalue weighted by molar-refractivity contribution is 0.0955. The summed E-state index contributed by atoms with van der Waals surface area (Å²) in [5.74, 6) is 1.52. The van der Waals surface area contributed by atoms with Gasteiger partial charge in [-0.15, -0.1) is 0 Å². The Hall–Kier alpha value is -4.00. The molecule has 0 spiro atoms. The summed E-state index contributed by atoms with van der Waals surface area (Å²) in [7, 11) is 0.